The largest absolute Gasteiger partial charge is 0.480 e. The zero-order chi connectivity index (χ0) is 16.6. The number of carboxylic acid groups (broad SMARTS) is 1. The van der Waals surface area contributed by atoms with Gasteiger partial charge in [-0.2, -0.15) is 0 Å². The number of aliphatic hydroxyl groups is 1. The Morgan fingerprint density at radius 3 is 2.00 bits per heavy atom. The minimum absolute atomic E-state index is 0.294. The summed E-state index contributed by atoms with van der Waals surface area (Å²) in [7, 11) is 0. The van der Waals surface area contributed by atoms with Crippen molar-refractivity contribution in [3.05, 3.63) is 0 Å². The van der Waals surface area contributed by atoms with Gasteiger partial charge in [-0.25, -0.2) is 0 Å². The van der Waals surface area contributed by atoms with Gasteiger partial charge in [-0.1, -0.05) is 0 Å². The number of carbonyl (C=O) groups excluding carboxylic acids is 3. The van der Waals surface area contributed by atoms with Crippen LogP contribution in [0.4, 0.5) is 0 Å². The molecule has 0 radical (unpaired) electrons. The summed E-state index contributed by atoms with van der Waals surface area (Å²) in [6, 6.07) is -3.45. The van der Waals surface area contributed by atoms with Gasteiger partial charge in [0.2, 0.25) is 17.7 Å². The molecule has 10 heteroatoms. The van der Waals surface area contributed by atoms with Gasteiger partial charge >= 0.3 is 5.97 Å². The number of hydrogen-bond donors (Lipinski definition) is 6. The van der Waals surface area contributed by atoms with Gasteiger partial charge < -0.3 is 31.9 Å². The summed E-state index contributed by atoms with van der Waals surface area (Å²) in [6.07, 6.45) is 0. The molecule has 0 rings (SSSR count). The molecule has 3 amide bonds. The standard InChI is InChI=1S/C11H20N4O6/c1-5(13-8(17)3-12)9(18)15-7(4-16)10(19)14-6(2)11(20)21/h5-7,16H,3-4,12H2,1-2H3,(H,13,17)(H,14,19)(H,15,18)(H,20,21)/t5-,6-,7-/m0/s1. The molecule has 0 bridgehead atoms. The third-order valence-electron chi connectivity index (χ3n) is 2.50. The van der Waals surface area contributed by atoms with E-state index < -0.39 is 48.4 Å². The SMILES string of the molecule is C[C@H](NC(=O)[C@H](CO)NC(=O)[C@H](C)NC(=O)CN)C(=O)O. The van der Waals surface area contributed by atoms with Crippen LogP contribution in [0.2, 0.25) is 0 Å². The third kappa shape index (κ3) is 6.68. The summed E-state index contributed by atoms with van der Waals surface area (Å²) in [5, 5.41) is 24.3. The number of carbonyl (C=O) groups is 4. The smallest absolute Gasteiger partial charge is 0.325 e. The first-order chi connectivity index (χ1) is 9.72. The highest BCUT2D eigenvalue weighted by Gasteiger charge is 2.25. The third-order valence-corrected chi connectivity index (χ3v) is 2.50. The van der Waals surface area contributed by atoms with Crippen molar-refractivity contribution in [3.63, 3.8) is 0 Å². The molecule has 21 heavy (non-hydrogen) atoms. The molecule has 0 spiro atoms. The van der Waals surface area contributed by atoms with E-state index in [1.165, 1.54) is 13.8 Å². The van der Waals surface area contributed by atoms with E-state index in [9.17, 15) is 19.2 Å². The Morgan fingerprint density at radius 1 is 1.00 bits per heavy atom. The van der Waals surface area contributed by atoms with Gasteiger partial charge in [0, 0.05) is 0 Å². The zero-order valence-corrected chi connectivity index (χ0v) is 11.8. The molecule has 0 heterocycles. The number of nitrogens with two attached hydrogens (primary N) is 1. The van der Waals surface area contributed by atoms with Crippen LogP contribution in [0.25, 0.3) is 0 Å². The molecule has 0 aromatic rings. The predicted octanol–water partition coefficient (Wildman–Crippen LogP) is -3.48. The van der Waals surface area contributed by atoms with Crippen LogP contribution >= 0.6 is 0 Å². The van der Waals surface area contributed by atoms with Crippen molar-refractivity contribution in [2.45, 2.75) is 32.0 Å². The molecule has 10 nitrogen and oxygen atoms in total. The Bertz CT molecular complexity index is 414. The Labute approximate surface area is 121 Å². The summed E-state index contributed by atoms with van der Waals surface area (Å²) in [6.45, 7) is 1.59. The second-order valence-electron chi connectivity index (χ2n) is 4.31. The maximum Gasteiger partial charge on any atom is 0.325 e. The van der Waals surface area contributed by atoms with E-state index in [0.29, 0.717) is 0 Å². The number of aliphatic carboxylic acids is 1. The molecule has 0 aliphatic heterocycles. The molecular formula is C11H20N4O6. The van der Waals surface area contributed by atoms with E-state index in [1.54, 1.807) is 0 Å². The van der Waals surface area contributed by atoms with Crippen molar-refractivity contribution in [2.24, 2.45) is 5.73 Å². The van der Waals surface area contributed by atoms with Crippen LogP contribution in [-0.2, 0) is 19.2 Å². The summed E-state index contributed by atoms with van der Waals surface area (Å²) >= 11 is 0. The van der Waals surface area contributed by atoms with Gasteiger partial charge in [-0.3, -0.25) is 19.2 Å². The van der Waals surface area contributed by atoms with Crippen molar-refractivity contribution in [1.82, 2.24) is 16.0 Å². The highest BCUT2D eigenvalue weighted by atomic mass is 16.4. The second-order valence-corrected chi connectivity index (χ2v) is 4.31. The zero-order valence-electron chi connectivity index (χ0n) is 11.8. The van der Waals surface area contributed by atoms with Crippen LogP contribution in [0.5, 0.6) is 0 Å². The molecule has 0 aromatic heterocycles. The summed E-state index contributed by atoms with van der Waals surface area (Å²) in [4.78, 5) is 45.0. The fraction of sp³-hybridized carbons (Fsp3) is 0.636. The van der Waals surface area contributed by atoms with Gasteiger partial charge in [0.25, 0.3) is 0 Å². The summed E-state index contributed by atoms with van der Waals surface area (Å²) in [5.74, 6) is -3.37. The Balaban J connectivity index is 4.54. The highest BCUT2D eigenvalue weighted by molar-refractivity contribution is 5.93. The van der Waals surface area contributed by atoms with E-state index in [1.807, 2.05) is 0 Å². The average Bonchev–Trinajstić information content (AvgIpc) is 2.43. The van der Waals surface area contributed by atoms with Crippen LogP contribution in [0.1, 0.15) is 13.8 Å². The Kier molecular flexibility index (Phi) is 7.94. The molecule has 0 saturated heterocycles. The molecule has 0 aliphatic rings. The average molecular weight is 304 g/mol. The van der Waals surface area contributed by atoms with Gasteiger partial charge in [0.05, 0.1) is 13.2 Å². The minimum atomic E-state index is -1.32. The lowest BCUT2D eigenvalue weighted by molar-refractivity contribution is -0.142. The molecule has 3 atom stereocenters. The van der Waals surface area contributed by atoms with Gasteiger partial charge in [-0.05, 0) is 13.8 Å². The van der Waals surface area contributed by atoms with Crippen molar-refractivity contribution in [2.75, 3.05) is 13.2 Å². The fourth-order valence-corrected chi connectivity index (χ4v) is 1.23. The normalized spacial score (nSPS) is 14.5. The van der Waals surface area contributed by atoms with E-state index >= 15 is 0 Å². The molecule has 0 aromatic carbocycles. The molecule has 7 N–H and O–H groups in total. The quantitative estimate of drug-likeness (QED) is 0.270. The summed E-state index contributed by atoms with van der Waals surface area (Å²) < 4.78 is 0. The van der Waals surface area contributed by atoms with Crippen LogP contribution in [0.3, 0.4) is 0 Å². The number of rotatable bonds is 8. The fourth-order valence-electron chi connectivity index (χ4n) is 1.23. The lowest BCUT2D eigenvalue weighted by Gasteiger charge is -2.20. The molecule has 120 valence electrons. The molecule has 0 saturated carbocycles. The van der Waals surface area contributed by atoms with Gasteiger partial charge in [-0.15, -0.1) is 0 Å². The second kappa shape index (κ2) is 8.87. The Morgan fingerprint density at radius 2 is 1.57 bits per heavy atom. The van der Waals surface area contributed by atoms with Crippen LogP contribution in [0, 0.1) is 0 Å². The lowest BCUT2D eigenvalue weighted by Crippen LogP contribution is -2.56. The molecule has 0 fully saturated rings. The van der Waals surface area contributed by atoms with E-state index in [0.717, 1.165) is 0 Å². The van der Waals surface area contributed by atoms with Crippen molar-refractivity contribution in [1.29, 1.82) is 0 Å². The first-order valence-electron chi connectivity index (χ1n) is 6.16. The molecular weight excluding hydrogens is 284 g/mol. The van der Waals surface area contributed by atoms with Gasteiger partial charge in [0.1, 0.15) is 18.1 Å². The maximum atomic E-state index is 11.7. The molecule has 0 unspecified atom stereocenters. The Hall–Kier alpha value is -2.20. The number of aliphatic hydroxyl groups excluding tert-OH is 1. The van der Waals surface area contributed by atoms with Gasteiger partial charge in [0.15, 0.2) is 0 Å². The van der Waals surface area contributed by atoms with Crippen molar-refractivity contribution < 1.29 is 29.4 Å². The minimum Gasteiger partial charge on any atom is -0.480 e. The van der Waals surface area contributed by atoms with Crippen molar-refractivity contribution >= 4 is 23.7 Å². The summed E-state index contributed by atoms with van der Waals surface area (Å²) in [5.41, 5.74) is 5.08. The van der Waals surface area contributed by atoms with Crippen LogP contribution in [-0.4, -0.2) is 65.2 Å². The lowest BCUT2D eigenvalue weighted by atomic mass is 10.2. The maximum absolute atomic E-state index is 11.7. The molecule has 0 aliphatic carbocycles. The number of carboxylic acids is 1. The highest BCUT2D eigenvalue weighted by Crippen LogP contribution is 1.90. The predicted molar refractivity (Wildman–Crippen MR) is 70.9 cm³/mol. The van der Waals surface area contributed by atoms with Crippen LogP contribution < -0.4 is 21.7 Å². The number of hydrogen-bond acceptors (Lipinski definition) is 6. The van der Waals surface area contributed by atoms with Crippen molar-refractivity contribution in [3.8, 4) is 0 Å². The van der Waals surface area contributed by atoms with Crippen LogP contribution in [0.15, 0.2) is 0 Å². The van der Waals surface area contributed by atoms with E-state index in [2.05, 4.69) is 16.0 Å². The topological polar surface area (TPSA) is 171 Å². The van der Waals surface area contributed by atoms with E-state index in [-0.39, 0.29) is 6.54 Å². The number of nitrogens with one attached hydrogen (secondary N) is 3. The number of amides is 3. The monoisotopic (exact) mass is 304 g/mol. The van der Waals surface area contributed by atoms with E-state index in [4.69, 9.17) is 15.9 Å². The first kappa shape index (κ1) is 18.8. The first-order valence-corrected chi connectivity index (χ1v) is 6.16.